The molecule has 0 spiro atoms. The van der Waals surface area contributed by atoms with Crippen molar-refractivity contribution in [1.82, 2.24) is 15.3 Å². The summed E-state index contributed by atoms with van der Waals surface area (Å²) in [6.45, 7) is 1.47. The van der Waals surface area contributed by atoms with Crippen molar-refractivity contribution in [3.8, 4) is 0 Å². The van der Waals surface area contributed by atoms with E-state index in [1.165, 1.54) is 0 Å². The molecule has 0 unspecified atom stereocenters. The highest BCUT2D eigenvalue weighted by atomic mass is 35.5. The van der Waals surface area contributed by atoms with Crippen LogP contribution in [-0.4, -0.2) is 9.97 Å². The smallest absolute Gasteiger partial charge is 0.224 e. The Hall–Kier alpha value is -0.0900. The van der Waals surface area contributed by atoms with Gasteiger partial charge in [-0.1, -0.05) is 11.6 Å². The van der Waals surface area contributed by atoms with Gasteiger partial charge in [-0.3, -0.25) is 0 Å². The Morgan fingerprint density at radius 3 is 2.67 bits per heavy atom. The zero-order chi connectivity index (χ0) is 7.84. The maximum Gasteiger partial charge on any atom is 0.224 e. The van der Waals surface area contributed by atoms with E-state index in [-0.39, 0.29) is 17.7 Å². The summed E-state index contributed by atoms with van der Waals surface area (Å²) in [7, 11) is 0. The van der Waals surface area contributed by atoms with Gasteiger partial charge >= 0.3 is 0 Å². The predicted molar refractivity (Wildman–Crippen MR) is 49.8 cm³/mol. The monoisotopic (exact) mass is 225 g/mol. The summed E-state index contributed by atoms with van der Waals surface area (Å²) in [5.74, 6) is 0. The standard InChI is InChI=1S/C6H5Cl2N3.ClH/c7-5-3-1-9-2-4(3)10-6(8)11-5;/h9H,1-2H2;1H. The highest BCUT2D eigenvalue weighted by molar-refractivity contribution is 6.32. The van der Waals surface area contributed by atoms with E-state index in [4.69, 9.17) is 23.2 Å². The summed E-state index contributed by atoms with van der Waals surface area (Å²) in [5.41, 5.74) is 1.88. The van der Waals surface area contributed by atoms with Crippen molar-refractivity contribution in [1.29, 1.82) is 0 Å². The Morgan fingerprint density at radius 1 is 1.17 bits per heavy atom. The van der Waals surface area contributed by atoms with E-state index in [1.807, 2.05) is 0 Å². The fraction of sp³-hybridized carbons (Fsp3) is 0.333. The van der Waals surface area contributed by atoms with Crippen molar-refractivity contribution in [3.05, 3.63) is 21.7 Å². The van der Waals surface area contributed by atoms with Gasteiger partial charge in [0.05, 0.1) is 5.69 Å². The Labute approximate surface area is 85.9 Å². The molecule has 1 N–H and O–H groups in total. The molecule has 0 radical (unpaired) electrons. The van der Waals surface area contributed by atoms with E-state index in [2.05, 4.69) is 15.3 Å². The number of aromatic nitrogens is 2. The van der Waals surface area contributed by atoms with Crippen LogP contribution in [0.5, 0.6) is 0 Å². The molecular formula is C6H6Cl3N3. The number of nitrogens with zero attached hydrogens (tertiary/aromatic N) is 2. The van der Waals surface area contributed by atoms with Gasteiger partial charge in [0.2, 0.25) is 5.28 Å². The molecule has 1 aromatic rings. The first-order chi connectivity index (χ1) is 5.27. The molecule has 1 aliphatic rings. The lowest BCUT2D eigenvalue weighted by molar-refractivity contribution is 0.758. The average molecular weight is 226 g/mol. The zero-order valence-electron chi connectivity index (χ0n) is 5.97. The van der Waals surface area contributed by atoms with Crippen LogP contribution in [0.15, 0.2) is 0 Å². The third-order valence-corrected chi connectivity index (χ3v) is 2.09. The minimum absolute atomic E-state index is 0. The molecule has 3 nitrogen and oxygen atoms in total. The lowest BCUT2D eigenvalue weighted by Crippen LogP contribution is -2.00. The molecule has 66 valence electrons. The van der Waals surface area contributed by atoms with Crippen molar-refractivity contribution in [3.63, 3.8) is 0 Å². The largest absolute Gasteiger partial charge is 0.307 e. The lowest BCUT2D eigenvalue weighted by Gasteiger charge is -1.98. The Morgan fingerprint density at radius 2 is 1.92 bits per heavy atom. The number of fused-ring (bicyclic) bond motifs is 1. The molecule has 12 heavy (non-hydrogen) atoms. The Balaban J connectivity index is 0.000000720. The Kier molecular flexibility index (Phi) is 3.12. The molecule has 0 aliphatic carbocycles. The van der Waals surface area contributed by atoms with Gasteiger partial charge in [0.15, 0.2) is 0 Å². The number of rotatable bonds is 0. The van der Waals surface area contributed by atoms with E-state index in [9.17, 15) is 0 Å². The molecule has 2 rings (SSSR count). The van der Waals surface area contributed by atoms with Crippen LogP contribution in [0.3, 0.4) is 0 Å². The first-order valence-corrected chi connectivity index (χ1v) is 3.94. The summed E-state index contributed by atoms with van der Waals surface area (Å²) in [5, 5.41) is 3.79. The van der Waals surface area contributed by atoms with Gasteiger partial charge < -0.3 is 5.32 Å². The normalized spacial score (nSPS) is 13.8. The van der Waals surface area contributed by atoms with E-state index in [1.54, 1.807) is 0 Å². The molecule has 0 fully saturated rings. The SMILES string of the molecule is Cl.Clc1nc(Cl)c2c(n1)CNC2. The maximum atomic E-state index is 5.80. The second-order valence-electron chi connectivity index (χ2n) is 2.31. The highest BCUT2D eigenvalue weighted by Crippen LogP contribution is 2.22. The Bertz CT molecular complexity index is 302. The maximum absolute atomic E-state index is 5.80. The van der Waals surface area contributed by atoms with Crippen LogP contribution in [0.4, 0.5) is 0 Å². The summed E-state index contributed by atoms with van der Waals surface area (Å²) < 4.78 is 0. The summed E-state index contributed by atoms with van der Waals surface area (Å²) in [4.78, 5) is 7.85. The fourth-order valence-corrected chi connectivity index (χ4v) is 1.58. The number of halogens is 3. The molecule has 0 amide bonds. The van der Waals surface area contributed by atoms with E-state index in [0.717, 1.165) is 24.3 Å². The van der Waals surface area contributed by atoms with E-state index in [0.29, 0.717) is 5.15 Å². The van der Waals surface area contributed by atoms with Crippen LogP contribution < -0.4 is 5.32 Å². The fourth-order valence-electron chi connectivity index (χ4n) is 1.10. The quantitative estimate of drug-likeness (QED) is 0.542. The van der Waals surface area contributed by atoms with Crippen molar-refractivity contribution < 1.29 is 0 Å². The van der Waals surface area contributed by atoms with Crippen molar-refractivity contribution in [2.45, 2.75) is 13.1 Å². The highest BCUT2D eigenvalue weighted by Gasteiger charge is 2.16. The molecule has 6 heteroatoms. The second-order valence-corrected chi connectivity index (χ2v) is 3.01. The van der Waals surface area contributed by atoms with Crippen LogP contribution in [0.1, 0.15) is 11.3 Å². The molecule has 2 heterocycles. The van der Waals surface area contributed by atoms with E-state index < -0.39 is 0 Å². The van der Waals surface area contributed by atoms with Crippen molar-refractivity contribution >= 4 is 35.6 Å². The molecule has 0 saturated heterocycles. The van der Waals surface area contributed by atoms with Crippen LogP contribution in [-0.2, 0) is 13.1 Å². The molecular weight excluding hydrogens is 220 g/mol. The third-order valence-electron chi connectivity index (χ3n) is 1.61. The van der Waals surface area contributed by atoms with Gasteiger partial charge in [0.1, 0.15) is 5.15 Å². The van der Waals surface area contributed by atoms with Gasteiger partial charge in [-0.2, -0.15) is 0 Å². The molecule has 0 bridgehead atoms. The molecule has 0 atom stereocenters. The minimum atomic E-state index is 0. The molecule has 0 aromatic carbocycles. The summed E-state index contributed by atoms with van der Waals surface area (Å²) in [6, 6.07) is 0. The van der Waals surface area contributed by atoms with Crippen LogP contribution in [0.2, 0.25) is 10.4 Å². The zero-order valence-corrected chi connectivity index (χ0v) is 8.30. The van der Waals surface area contributed by atoms with Crippen molar-refractivity contribution in [2.24, 2.45) is 0 Å². The summed E-state index contributed by atoms with van der Waals surface area (Å²) >= 11 is 11.4. The van der Waals surface area contributed by atoms with Gasteiger partial charge in [-0.15, -0.1) is 12.4 Å². The first kappa shape index (κ1) is 9.99. The molecule has 0 saturated carbocycles. The lowest BCUT2D eigenvalue weighted by atomic mass is 10.3. The minimum Gasteiger partial charge on any atom is -0.307 e. The average Bonchev–Trinajstić information content (AvgIpc) is 2.34. The van der Waals surface area contributed by atoms with Crippen LogP contribution >= 0.6 is 35.6 Å². The van der Waals surface area contributed by atoms with E-state index >= 15 is 0 Å². The van der Waals surface area contributed by atoms with Gasteiger partial charge in [-0.25, -0.2) is 9.97 Å². The number of hydrogen-bond acceptors (Lipinski definition) is 3. The molecule has 1 aromatic heterocycles. The number of hydrogen-bond donors (Lipinski definition) is 1. The molecule has 1 aliphatic heterocycles. The second kappa shape index (κ2) is 3.75. The summed E-state index contributed by atoms with van der Waals surface area (Å²) in [6.07, 6.45) is 0. The van der Waals surface area contributed by atoms with Crippen LogP contribution in [0.25, 0.3) is 0 Å². The van der Waals surface area contributed by atoms with Crippen molar-refractivity contribution in [2.75, 3.05) is 0 Å². The number of nitrogens with one attached hydrogen (secondary N) is 1. The van der Waals surface area contributed by atoms with Gasteiger partial charge in [0, 0.05) is 18.7 Å². The third kappa shape index (κ3) is 1.64. The predicted octanol–water partition coefficient (Wildman–Crippen LogP) is 1.81. The van der Waals surface area contributed by atoms with Crippen LogP contribution in [0, 0.1) is 0 Å². The van der Waals surface area contributed by atoms with Gasteiger partial charge in [-0.05, 0) is 11.6 Å². The first-order valence-electron chi connectivity index (χ1n) is 3.19. The topological polar surface area (TPSA) is 37.8 Å². The van der Waals surface area contributed by atoms with Gasteiger partial charge in [0.25, 0.3) is 0 Å².